The van der Waals surface area contributed by atoms with Crippen molar-refractivity contribution in [2.45, 2.75) is 6.42 Å². The third kappa shape index (κ3) is 3.57. The van der Waals surface area contributed by atoms with E-state index >= 15 is 0 Å². The van der Waals surface area contributed by atoms with Crippen molar-refractivity contribution in [1.82, 2.24) is 19.9 Å². The second kappa shape index (κ2) is 7.25. The van der Waals surface area contributed by atoms with Crippen LogP contribution in [0.3, 0.4) is 0 Å². The highest BCUT2D eigenvalue weighted by atomic mass is 16.1. The van der Waals surface area contributed by atoms with Crippen molar-refractivity contribution in [3.05, 3.63) is 58.9 Å². The maximum absolute atomic E-state index is 12.8. The number of nitrogens with zero attached hydrogens (tertiary/aromatic N) is 2. The summed E-state index contributed by atoms with van der Waals surface area (Å²) in [5.74, 6) is 0.585. The number of imidazole rings is 1. The van der Waals surface area contributed by atoms with Crippen molar-refractivity contribution in [1.29, 1.82) is 0 Å². The minimum Gasteiger partial charge on any atom is -0.385 e. The minimum absolute atomic E-state index is 0.0227. The lowest BCUT2D eigenvalue weighted by Gasteiger charge is -2.10. The summed E-state index contributed by atoms with van der Waals surface area (Å²) >= 11 is 0. The molecule has 0 aliphatic heterocycles. The molecule has 2 aromatic heterocycles. The van der Waals surface area contributed by atoms with Crippen molar-refractivity contribution >= 4 is 27.6 Å². The third-order valence-electron chi connectivity index (χ3n) is 4.64. The maximum atomic E-state index is 12.8. The Bertz CT molecular complexity index is 1140. The average molecular weight is 361 g/mol. The van der Waals surface area contributed by atoms with Crippen LogP contribution in [0.2, 0.25) is 0 Å². The van der Waals surface area contributed by atoms with Gasteiger partial charge in [0, 0.05) is 29.3 Å². The second-order valence-corrected chi connectivity index (χ2v) is 6.98. The number of aromatic nitrogens is 3. The Morgan fingerprint density at radius 2 is 1.96 bits per heavy atom. The Labute approximate surface area is 157 Å². The van der Waals surface area contributed by atoms with Crippen molar-refractivity contribution < 1.29 is 0 Å². The van der Waals surface area contributed by atoms with Gasteiger partial charge in [-0.05, 0) is 57.4 Å². The zero-order valence-corrected chi connectivity index (χ0v) is 15.5. The Hall–Kier alpha value is -3.12. The van der Waals surface area contributed by atoms with Crippen LogP contribution in [0.15, 0.2) is 53.5 Å². The van der Waals surface area contributed by atoms with Gasteiger partial charge < -0.3 is 20.2 Å². The second-order valence-electron chi connectivity index (χ2n) is 6.98. The highest BCUT2D eigenvalue weighted by Gasteiger charge is 2.11. The highest BCUT2D eigenvalue weighted by molar-refractivity contribution is 5.86. The first-order chi connectivity index (χ1) is 13.1. The Morgan fingerprint density at radius 3 is 2.81 bits per heavy atom. The van der Waals surface area contributed by atoms with E-state index in [0.29, 0.717) is 16.8 Å². The van der Waals surface area contributed by atoms with Gasteiger partial charge in [0.1, 0.15) is 5.82 Å². The summed E-state index contributed by atoms with van der Waals surface area (Å²) in [4.78, 5) is 26.0. The smallest absolute Gasteiger partial charge is 0.200 e. The Kier molecular flexibility index (Phi) is 4.64. The number of hydrogen-bond donors (Lipinski definition) is 3. The summed E-state index contributed by atoms with van der Waals surface area (Å²) in [5, 5.41) is 4.10. The number of hydrogen-bond acceptors (Lipinski definition) is 4. The monoisotopic (exact) mass is 361 g/mol. The number of rotatable bonds is 6. The highest BCUT2D eigenvalue weighted by Crippen LogP contribution is 2.22. The fourth-order valence-electron chi connectivity index (χ4n) is 3.22. The molecule has 3 N–H and O–H groups in total. The lowest BCUT2D eigenvalue weighted by atomic mass is 10.1. The molecule has 0 aliphatic carbocycles. The first-order valence-corrected chi connectivity index (χ1v) is 9.11. The summed E-state index contributed by atoms with van der Waals surface area (Å²) in [6.45, 7) is 1.96. The van der Waals surface area contributed by atoms with E-state index in [4.69, 9.17) is 0 Å². The van der Waals surface area contributed by atoms with Gasteiger partial charge in [-0.25, -0.2) is 4.98 Å². The molecule has 4 aromatic rings. The van der Waals surface area contributed by atoms with E-state index in [9.17, 15) is 4.79 Å². The number of aromatic amines is 2. The van der Waals surface area contributed by atoms with Crippen LogP contribution in [0.4, 0.5) is 5.69 Å². The molecule has 0 saturated carbocycles. The van der Waals surface area contributed by atoms with Crippen LogP contribution in [-0.4, -0.2) is 47.0 Å². The van der Waals surface area contributed by atoms with Crippen LogP contribution in [0.1, 0.15) is 6.42 Å². The van der Waals surface area contributed by atoms with Gasteiger partial charge in [-0.1, -0.05) is 12.1 Å². The molecule has 138 valence electrons. The fourth-order valence-corrected chi connectivity index (χ4v) is 3.22. The molecule has 0 amide bonds. The summed E-state index contributed by atoms with van der Waals surface area (Å²) in [7, 11) is 4.15. The van der Waals surface area contributed by atoms with E-state index in [0.717, 1.165) is 41.7 Å². The molecule has 0 aliphatic rings. The molecule has 0 bridgehead atoms. The molecule has 27 heavy (non-hydrogen) atoms. The summed E-state index contributed by atoms with van der Waals surface area (Å²) in [6, 6.07) is 13.5. The summed E-state index contributed by atoms with van der Waals surface area (Å²) in [6.07, 6.45) is 2.80. The Balaban J connectivity index is 1.62. The van der Waals surface area contributed by atoms with E-state index in [-0.39, 0.29) is 5.43 Å². The van der Waals surface area contributed by atoms with Crippen LogP contribution in [0.5, 0.6) is 0 Å². The quantitative estimate of drug-likeness (QED) is 0.460. The summed E-state index contributed by atoms with van der Waals surface area (Å²) < 4.78 is 0. The van der Waals surface area contributed by atoms with Gasteiger partial charge in [0.2, 0.25) is 0 Å². The molecule has 4 rings (SSSR count). The average Bonchev–Trinajstić information content (AvgIpc) is 3.08. The zero-order valence-electron chi connectivity index (χ0n) is 15.5. The van der Waals surface area contributed by atoms with Crippen LogP contribution >= 0.6 is 0 Å². The maximum Gasteiger partial charge on any atom is 0.200 e. The number of nitrogens with one attached hydrogen (secondary N) is 3. The van der Waals surface area contributed by atoms with Gasteiger partial charge in [-0.15, -0.1) is 0 Å². The first-order valence-electron chi connectivity index (χ1n) is 9.11. The molecular weight excluding hydrogens is 338 g/mol. The largest absolute Gasteiger partial charge is 0.385 e. The summed E-state index contributed by atoms with van der Waals surface area (Å²) in [5.41, 5.74) is 4.15. The minimum atomic E-state index is -0.0227. The van der Waals surface area contributed by atoms with Gasteiger partial charge in [0.25, 0.3) is 0 Å². The molecule has 0 fully saturated rings. The number of para-hydroxylation sites is 1. The molecule has 0 unspecified atom stereocenters. The van der Waals surface area contributed by atoms with Gasteiger partial charge in [0.15, 0.2) is 5.43 Å². The van der Waals surface area contributed by atoms with Crippen molar-refractivity contribution in [2.24, 2.45) is 0 Å². The van der Waals surface area contributed by atoms with Crippen LogP contribution in [0.25, 0.3) is 33.3 Å². The van der Waals surface area contributed by atoms with Crippen LogP contribution in [0, 0.1) is 0 Å². The van der Waals surface area contributed by atoms with E-state index in [2.05, 4.69) is 39.3 Å². The number of anilines is 1. The van der Waals surface area contributed by atoms with Gasteiger partial charge in [-0.3, -0.25) is 4.79 Å². The van der Waals surface area contributed by atoms with E-state index < -0.39 is 0 Å². The zero-order chi connectivity index (χ0) is 18.8. The van der Waals surface area contributed by atoms with Crippen LogP contribution < -0.4 is 10.7 Å². The van der Waals surface area contributed by atoms with Crippen LogP contribution in [-0.2, 0) is 0 Å². The molecule has 6 heteroatoms. The SMILES string of the molecule is CN(C)CCCNc1ccc2nc(-c3c[nH]c4ccccc4c3=O)[nH]c2c1. The molecule has 2 heterocycles. The van der Waals surface area contributed by atoms with Gasteiger partial charge >= 0.3 is 0 Å². The molecule has 2 aromatic carbocycles. The standard InChI is InChI=1S/C21H23N5O/c1-26(2)11-5-10-22-14-8-9-18-19(12-14)25-21(24-18)16-13-23-17-7-4-3-6-15(17)20(16)27/h3-4,6-9,12-13,22H,5,10-11H2,1-2H3,(H,23,27)(H,24,25). The molecule has 6 nitrogen and oxygen atoms in total. The third-order valence-corrected chi connectivity index (χ3v) is 4.64. The van der Waals surface area contributed by atoms with Crippen molar-refractivity contribution in [2.75, 3.05) is 32.5 Å². The first kappa shape index (κ1) is 17.3. The van der Waals surface area contributed by atoms with E-state index in [1.165, 1.54) is 0 Å². The van der Waals surface area contributed by atoms with Gasteiger partial charge in [-0.2, -0.15) is 0 Å². The number of pyridine rings is 1. The van der Waals surface area contributed by atoms with E-state index in [1.807, 2.05) is 42.5 Å². The molecule has 0 spiro atoms. The Morgan fingerprint density at radius 1 is 1.11 bits per heavy atom. The normalized spacial score (nSPS) is 11.5. The molecule has 0 radical (unpaired) electrons. The lowest BCUT2D eigenvalue weighted by molar-refractivity contribution is 0.405. The topological polar surface area (TPSA) is 76.8 Å². The van der Waals surface area contributed by atoms with Crippen molar-refractivity contribution in [3.63, 3.8) is 0 Å². The van der Waals surface area contributed by atoms with Crippen molar-refractivity contribution in [3.8, 4) is 11.4 Å². The molecular formula is C21H23N5O. The number of benzene rings is 2. The predicted molar refractivity (Wildman–Crippen MR) is 111 cm³/mol. The lowest BCUT2D eigenvalue weighted by Crippen LogP contribution is -2.16. The fraction of sp³-hybridized carbons (Fsp3) is 0.238. The molecule has 0 atom stereocenters. The van der Waals surface area contributed by atoms with Gasteiger partial charge in [0.05, 0.1) is 16.6 Å². The predicted octanol–water partition coefficient (Wildman–Crippen LogP) is 3.44. The van der Waals surface area contributed by atoms with E-state index in [1.54, 1.807) is 6.20 Å². The molecule has 0 saturated heterocycles. The number of fused-ring (bicyclic) bond motifs is 2. The number of H-pyrrole nitrogens is 2.